The third-order valence-electron chi connectivity index (χ3n) is 4.37. The van der Waals surface area contributed by atoms with E-state index in [0.29, 0.717) is 42.9 Å². The number of alkyl halides is 2. The highest BCUT2D eigenvalue weighted by molar-refractivity contribution is 5.79. The molecule has 1 atom stereocenters. The molecule has 0 bridgehead atoms. The number of rotatable bonds is 12. The topological polar surface area (TPSA) is 73.3 Å². The van der Waals surface area contributed by atoms with E-state index in [2.05, 4.69) is 20.4 Å². The minimum absolute atomic E-state index is 0.0877. The number of aliphatic imine (C=N–C) groups is 1. The third kappa shape index (κ3) is 8.82. The zero-order chi connectivity index (χ0) is 20.9. The van der Waals surface area contributed by atoms with E-state index >= 15 is 0 Å². The lowest BCUT2D eigenvalue weighted by molar-refractivity contribution is -0.0504. The van der Waals surface area contributed by atoms with Crippen LogP contribution in [0.3, 0.4) is 0 Å². The van der Waals surface area contributed by atoms with E-state index in [1.165, 1.54) is 13.2 Å². The molecular weight excluding hydrogens is 384 g/mol. The molecule has 1 saturated heterocycles. The number of hydrogen-bond acceptors (Lipinski definition) is 5. The van der Waals surface area contributed by atoms with E-state index in [4.69, 9.17) is 14.2 Å². The van der Waals surface area contributed by atoms with Gasteiger partial charge in [0.1, 0.15) is 11.5 Å². The van der Waals surface area contributed by atoms with Gasteiger partial charge in [0.15, 0.2) is 5.96 Å². The summed E-state index contributed by atoms with van der Waals surface area (Å²) in [5, 5.41) is 6.36. The summed E-state index contributed by atoms with van der Waals surface area (Å²) < 4.78 is 46.0. The molecule has 7 nitrogen and oxygen atoms in total. The Bertz CT molecular complexity index is 626. The first-order valence-electron chi connectivity index (χ1n) is 9.91. The van der Waals surface area contributed by atoms with Crippen molar-refractivity contribution in [2.75, 3.05) is 46.6 Å². The van der Waals surface area contributed by atoms with Gasteiger partial charge in [-0.2, -0.15) is 8.78 Å². The Morgan fingerprint density at radius 1 is 1.34 bits per heavy atom. The molecule has 9 heteroatoms. The first kappa shape index (κ1) is 23.2. The fourth-order valence-electron chi connectivity index (χ4n) is 2.87. The zero-order valence-corrected chi connectivity index (χ0v) is 17.1. The van der Waals surface area contributed by atoms with Crippen molar-refractivity contribution in [2.45, 2.75) is 32.9 Å². The van der Waals surface area contributed by atoms with Gasteiger partial charge in [-0.3, -0.25) is 0 Å². The molecule has 0 aliphatic carbocycles. The summed E-state index contributed by atoms with van der Waals surface area (Å²) in [6.45, 7) is 3.61. The largest absolute Gasteiger partial charge is 0.497 e. The van der Waals surface area contributed by atoms with Crippen molar-refractivity contribution in [1.29, 1.82) is 0 Å². The average molecular weight is 415 g/mol. The summed E-state index contributed by atoms with van der Waals surface area (Å²) in [6.07, 6.45) is 1.90. The Balaban J connectivity index is 1.82. The smallest absolute Gasteiger partial charge is 0.387 e. The zero-order valence-electron chi connectivity index (χ0n) is 17.1. The normalized spacial score (nSPS) is 16.9. The summed E-state index contributed by atoms with van der Waals surface area (Å²) in [5.41, 5.74) is 0.518. The molecule has 0 amide bonds. The minimum Gasteiger partial charge on any atom is -0.497 e. The van der Waals surface area contributed by atoms with Crippen LogP contribution in [-0.2, 0) is 16.0 Å². The van der Waals surface area contributed by atoms with Gasteiger partial charge in [0, 0.05) is 37.8 Å². The molecule has 1 aromatic rings. The maximum Gasteiger partial charge on any atom is 0.387 e. The van der Waals surface area contributed by atoms with Gasteiger partial charge in [0.2, 0.25) is 0 Å². The van der Waals surface area contributed by atoms with E-state index in [1.54, 1.807) is 12.1 Å². The maximum atomic E-state index is 12.6. The highest BCUT2D eigenvalue weighted by Crippen LogP contribution is 2.26. The molecule has 2 N–H and O–H groups in total. The van der Waals surface area contributed by atoms with Crippen LogP contribution < -0.4 is 20.1 Å². The van der Waals surface area contributed by atoms with E-state index in [0.717, 1.165) is 32.7 Å². The van der Waals surface area contributed by atoms with Crippen LogP contribution in [0.25, 0.3) is 0 Å². The summed E-state index contributed by atoms with van der Waals surface area (Å²) >= 11 is 0. The summed E-state index contributed by atoms with van der Waals surface area (Å²) in [5.74, 6) is 1.75. The fourth-order valence-corrected chi connectivity index (χ4v) is 2.87. The van der Waals surface area contributed by atoms with Gasteiger partial charge < -0.3 is 29.6 Å². The minimum atomic E-state index is -2.90. The Morgan fingerprint density at radius 3 is 2.90 bits per heavy atom. The van der Waals surface area contributed by atoms with Crippen molar-refractivity contribution in [1.82, 2.24) is 10.6 Å². The number of nitrogens with zero attached hydrogens (tertiary/aromatic N) is 1. The first-order valence-corrected chi connectivity index (χ1v) is 9.91. The molecule has 0 spiro atoms. The average Bonchev–Trinajstić information content (AvgIpc) is 3.22. The van der Waals surface area contributed by atoms with Gasteiger partial charge in [-0.15, -0.1) is 0 Å². The lowest BCUT2D eigenvalue weighted by atomic mass is 10.1. The molecule has 0 radical (unpaired) electrons. The van der Waals surface area contributed by atoms with Gasteiger partial charge in [-0.25, -0.2) is 4.99 Å². The number of methoxy groups -OCH3 is 1. The number of guanidine groups is 1. The Hall–Kier alpha value is -2.13. The predicted octanol–water partition coefficient (Wildman–Crippen LogP) is 2.79. The number of ether oxygens (including phenoxy) is 4. The van der Waals surface area contributed by atoms with Crippen molar-refractivity contribution in [3.8, 4) is 11.5 Å². The number of nitrogens with one attached hydrogen (secondary N) is 2. The number of benzene rings is 1. The van der Waals surface area contributed by atoms with Crippen molar-refractivity contribution in [2.24, 2.45) is 10.9 Å². The molecule has 1 aromatic carbocycles. The molecule has 29 heavy (non-hydrogen) atoms. The molecule has 164 valence electrons. The second kappa shape index (κ2) is 13.2. The lowest BCUT2D eigenvalue weighted by Gasteiger charge is -2.14. The fraction of sp³-hybridized carbons (Fsp3) is 0.650. The molecule has 1 aliphatic heterocycles. The quantitative estimate of drug-likeness (QED) is 0.311. The maximum absolute atomic E-state index is 12.6. The van der Waals surface area contributed by atoms with Crippen LogP contribution in [0.4, 0.5) is 8.78 Å². The third-order valence-corrected chi connectivity index (χ3v) is 4.37. The molecular formula is C20H31F2N3O4. The van der Waals surface area contributed by atoms with Gasteiger partial charge in [0.25, 0.3) is 0 Å². The van der Waals surface area contributed by atoms with E-state index in [-0.39, 0.29) is 12.3 Å². The van der Waals surface area contributed by atoms with Gasteiger partial charge in [0.05, 0.1) is 26.9 Å². The SMILES string of the molecule is CCNC(=NCc1cc(OC)ccc1OC(F)F)NCCCOCC1CCOC1. The monoisotopic (exact) mass is 415 g/mol. The second-order valence-electron chi connectivity index (χ2n) is 6.63. The molecule has 1 unspecified atom stereocenters. The van der Waals surface area contributed by atoms with Crippen molar-refractivity contribution in [3.05, 3.63) is 23.8 Å². The lowest BCUT2D eigenvalue weighted by Crippen LogP contribution is -2.38. The van der Waals surface area contributed by atoms with Crippen LogP contribution in [0.2, 0.25) is 0 Å². The Morgan fingerprint density at radius 2 is 2.21 bits per heavy atom. The second-order valence-corrected chi connectivity index (χ2v) is 6.63. The van der Waals surface area contributed by atoms with E-state index in [9.17, 15) is 8.78 Å². The van der Waals surface area contributed by atoms with Crippen molar-refractivity contribution >= 4 is 5.96 Å². The molecule has 0 saturated carbocycles. The van der Waals surface area contributed by atoms with Crippen LogP contribution in [0.15, 0.2) is 23.2 Å². The molecule has 2 rings (SSSR count). The molecule has 0 aromatic heterocycles. The Kier molecular flexibility index (Phi) is 10.5. The standard InChI is InChI=1S/C20H31F2N3O4/c1-3-23-20(24-8-4-9-27-13-15-7-10-28-14-15)25-12-16-11-17(26-2)5-6-18(16)29-19(21)22/h5-6,11,15,19H,3-4,7-10,12-14H2,1-2H3,(H2,23,24,25). The highest BCUT2D eigenvalue weighted by atomic mass is 19.3. The van der Waals surface area contributed by atoms with Crippen LogP contribution in [0, 0.1) is 5.92 Å². The van der Waals surface area contributed by atoms with Crippen LogP contribution in [0.1, 0.15) is 25.3 Å². The number of hydrogen-bond donors (Lipinski definition) is 2. The van der Waals surface area contributed by atoms with Gasteiger partial charge in [-0.1, -0.05) is 0 Å². The molecule has 1 aliphatic rings. The van der Waals surface area contributed by atoms with Crippen molar-refractivity contribution in [3.63, 3.8) is 0 Å². The molecule has 1 fully saturated rings. The predicted molar refractivity (Wildman–Crippen MR) is 107 cm³/mol. The van der Waals surface area contributed by atoms with Gasteiger partial charge >= 0.3 is 6.61 Å². The number of halogens is 2. The highest BCUT2D eigenvalue weighted by Gasteiger charge is 2.15. The van der Waals surface area contributed by atoms with E-state index in [1.807, 2.05) is 6.92 Å². The van der Waals surface area contributed by atoms with Crippen LogP contribution in [-0.4, -0.2) is 59.2 Å². The summed E-state index contributed by atoms with van der Waals surface area (Å²) in [6, 6.07) is 4.68. The summed E-state index contributed by atoms with van der Waals surface area (Å²) in [4.78, 5) is 4.46. The Labute approximate surface area is 170 Å². The first-order chi connectivity index (χ1) is 14.1. The van der Waals surface area contributed by atoms with E-state index < -0.39 is 6.61 Å². The molecule has 1 heterocycles. The van der Waals surface area contributed by atoms with Gasteiger partial charge in [-0.05, 0) is 38.0 Å². The summed E-state index contributed by atoms with van der Waals surface area (Å²) in [7, 11) is 1.52. The van der Waals surface area contributed by atoms with Crippen molar-refractivity contribution < 1.29 is 27.7 Å². The van der Waals surface area contributed by atoms with Crippen LogP contribution in [0.5, 0.6) is 11.5 Å². The van der Waals surface area contributed by atoms with Crippen LogP contribution >= 0.6 is 0 Å².